The van der Waals surface area contributed by atoms with Crippen LogP contribution in [0.1, 0.15) is 0 Å². The second-order valence-corrected chi connectivity index (χ2v) is 7.11. The first-order valence-corrected chi connectivity index (χ1v) is 8.99. The molecule has 1 amide bonds. The molecule has 0 fully saturated rings. The molecule has 1 aromatic heterocycles. The lowest BCUT2D eigenvalue weighted by Gasteiger charge is -2.08. The topological polar surface area (TPSA) is 64.0 Å². The summed E-state index contributed by atoms with van der Waals surface area (Å²) in [7, 11) is 0. The summed E-state index contributed by atoms with van der Waals surface area (Å²) in [5.74, 6) is -0.315. The molecule has 0 saturated heterocycles. The van der Waals surface area contributed by atoms with Crippen molar-refractivity contribution >= 4 is 43.5 Å². The summed E-state index contributed by atoms with van der Waals surface area (Å²) in [5.41, 5.74) is 1.82. The Bertz CT molecular complexity index is 951. The van der Waals surface area contributed by atoms with Gasteiger partial charge >= 0.3 is 0 Å². The number of nitrogens with one attached hydrogen (secondary N) is 1. The van der Waals surface area contributed by atoms with Crippen LogP contribution < -0.4 is 10.9 Å². The molecular formula is C18H13Br2N3O2. The van der Waals surface area contributed by atoms with Gasteiger partial charge in [-0.15, -0.1) is 0 Å². The highest BCUT2D eigenvalue weighted by Gasteiger charge is 2.08. The molecule has 0 aliphatic heterocycles. The molecule has 1 heterocycles. The minimum atomic E-state index is -0.327. The number of aromatic nitrogens is 2. The zero-order valence-corrected chi connectivity index (χ0v) is 16.1. The van der Waals surface area contributed by atoms with Gasteiger partial charge in [0.1, 0.15) is 6.54 Å². The molecule has 3 rings (SSSR count). The van der Waals surface area contributed by atoms with E-state index in [0.29, 0.717) is 11.4 Å². The lowest BCUT2D eigenvalue weighted by Crippen LogP contribution is -2.29. The Labute approximate surface area is 161 Å². The van der Waals surface area contributed by atoms with Crippen LogP contribution in [-0.2, 0) is 11.3 Å². The van der Waals surface area contributed by atoms with Gasteiger partial charge in [-0.25, -0.2) is 4.68 Å². The average Bonchev–Trinajstić information content (AvgIpc) is 2.60. The first-order chi connectivity index (χ1) is 12.0. The van der Waals surface area contributed by atoms with E-state index in [9.17, 15) is 9.59 Å². The average molecular weight is 463 g/mol. The fraction of sp³-hybridized carbons (Fsp3) is 0.0556. The van der Waals surface area contributed by atoms with Crippen LogP contribution in [0.2, 0.25) is 0 Å². The lowest BCUT2D eigenvalue weighted by molar-refractivity contribution is -0.117. The molecule has 0 bridgehead atoms. The van der Waals surface area contributed by atoms with Crippen LogP contribution in [0.3, 0.4) is 0 Å². The minimum Gasteiger partial charge on any atom is -0.324 e. The Morgan fingerprint density at radius 3 is 2.16 bits per heavy atom. The molecule has 25 heavy (non-hydrogen) atoms. The summed E-state index contributed by atoms with van der Waals surface area (Å²) in [6.07, 6.45) is 0. The quantitative estimate of drug-likeness (QED) is 0.635. The highest BCUT2D eigenvalue weighted by molar-refractivity contribution is 9.10. The molecular weight excluding hydrogens is 450 g/mol. The van der Waals surface area contributed by atoms with E-state index in [2.05, 4.69) is 42.3 Å². The standard InChI is InChI=1S/C18H13Br2N3O2/c19-13-3-1-12(2-4-13)16-9-10-18(25)23(22-16)11-17(24)21-15-7-5-14(20)6-8-15/h1-10H,11H2,(H,21,24). The Kier molecular flexibility index (Phi) is 5.45. The summed E-state index contributed by atoms with van der Waals surface area (Å²) in [6, 6.07) is 17.8. The number of benzene rings is 2. The first-order valence-electron chi connectivity index (χ1n) is 7.41. The van der Waals surface area contributed by atoms with E-state index in [4.69, 9.17) is 0 Å². The fourth-order valence-electron chi connectivity index (χ4n) is 2.21. The van der Waals surface area contributed by atoms with E-state index >= 15 is 0 Å². The lowest BCUT2D eigenvalue weighted by atomic mass is 10.1. The SMILES string of the molecule is O=C(Cn1nc(-c2ccc(Br)cc2)ccc1=O)Nc1ccc(Br)cc1. The molecule has 126 valence electrons. The van der Waals surface area contributed by atoms with Crippen molar-refractivity contribution in [2.75, 3.05) is 5.32 Å². The smallest absolute Gasteiger partial charge is 0.267 e. The zero-order valence-electron chi connectivity index (χ0n) is 12.9. The van der Waals surface area contributed by atoms with Crippen molar-refractivity contribution in [2.24, 2.45) is 0 Å². The molecule has 0 aliphatic rings. The Balaban J connectivity index is 1.78. The number of amides is 1. The molecule has 3 aromatic rings. The van der Waals surface area contributed by atoms with Crippen LogP contribution in [0.5, 0.6) is 0 Å². The van der Waals surface area contributed by atoms with E-state index in [1.807, 2.05) is 36.4 Å². The monoisotopic (exact) mass is 461 g/mol. The second-order valence-electron chi connectivity index (χ2n) is 5.28. The normalized spacial score (nSPS) is 10.5. The molecule has 7 heteroatoms. The maximum atomic E-state index is 12.2. The molecule has 1 N–H and O–H groups in total. The van der Waals surface area contributed by atoms with Crippen LogP contribution in [0.15, 0.2) is 74.4 Å². The molecule has 0 atom stereocenters. The molecule has 2 aromatic carbocycles. The molecule has 0 saturated carbocycles. The number of hydrogen-bond donors (Lipinski definition) is 1. The van der Waals surface area contributed by atoms with Crippen molar-refractivity contribution in [2.45, 2.75) is 6.54 Å². The van der Waals surface area contributed by atoms with Gasteiger partial charge in [-0.05, 0) is 42.5 Å². The van der Waals surface area contributed by atoms with Gasteiger partial charge in [-0.1, -0.05) is 44.0 Å². The second kappa shape index (κ2) is 7.76. The fourth-order valence-corrected chi connectivity index (χ4v) is 2.74. The van der Waals surface area contributed by atoms with E-state index in [0.717, 1.165) is 19.2 Å². The van der Waals surface area contributed by atoms with Crippen molar-refractivity contribution in [1.82, 2.24) is 9.78 Å². The van der Waals surface area contributed by atoms with Gasteiger partial charge < -0.3 is 5.32 Å². The summed E-state index contributed by atoms with van der Waals surface area (Å²) < 4.78 is 3.04. The predicted molar refractivity (Wildman–Crippen MR) is 104 cm³/mol. The summed E-state index contributed by atoms with van der Waals surface area (Å²) in [5, 5.41) is 7.03. The highest BCUT2D eigenvalue weighted by atomic mass is 79.9. The molecule has 0 unspecified atom stereocenters. The number of carbonyl (C=O) groups is 1. The van der Waals surface area contributed by atoms with Crippen LogP contribution in [-0.4, -0.2) is 15.7 Å². The molecule has 0 aliphatic carbocycles. The minimum absolute atomic E-state index is 0.154. The van der Waals surface area contributed by atoms with Crippen molar-refractivity contribution in [3.63, 3.8) is 0 Å². The van der Waals surface area contributed by atoms with Crippen LogP contribution in [0.25, 0.3) is 11.3 Å². The van der Waals surface area contributed by atoms with E-state index in [1.165, 1.54) is 6.07 Å². The summed E-state index contributed by atoms with van der Waals surface area (Å²) in [4.78, 5) is 24.2. The molecule has 5 nitrogen and oxygen atoms in total. The van der Waals surface area contributed by atoms with E-state index < -0.39 is 0 Å². The number of hydrogen-bond acceptors (Lipinski definition) is 3. The van der Waals surface area contributed by atoms with Crippen molar-refractivity contribution < 1.29 is 4.79 Å². The molecule has 0 radical (unpaired) electrons. The van der Waals surface area contributed by atoms with Crippen LogP contribution >= 0.6 is 31.9 Å². The van der Waals surface area contributed by atoms with Gasteiger partial charge in [-0.3, -0.25) is 9.59 Å². The Hall–Kier alpha value is -2.25. The van der Waals surface area contributed by atoms with Gasteiger partial charge in [0.05, 0.1) is 5.69 Å². The third-order valence-corrected chi connectivity index (χ3v) is 4.49. The van der Waals surface area contributed by atoms with Crippen molar-refractivity contribution in [3.05, 3.63) is 80.0 Å². The Morgan fingerprint density at radius 1 is 0.920 bits per heavy atom. The first kappa shape index (κ1) is 17.6. The largest absolute Gasteiger partial charge is 0.324 e. The summed E-state index contributed by atoms with van der Waals surface area (Å²) in [6.45, 7) is -0.154. The number of rotatable bonds is 4. The van der Waals surface area contributed by atoms with E-state index in [-0.39, 0.29) is 18.0 Å². The maximum Gasteiger partial charge on any atom is 0.267 e. The number of carbonyl (C=O) groups excluding carboxylic acids is 1. The Morgan fingerprint density at radius 2 is 1.52 bits per heavy atom. The number of anilines is 1. The zero-order chi connectivity index (χ0) is 17.8. The highest BCUT2D eigenvalue weighted by Crippen LogP contribution is 2.19. The predicted octanol–water partition coefficient (Wildman–Crippen LogP) is 4.07. The van der Waals surface area contributed by atoms with Crippen molar-refractivity contribution in [1.29, 1.82) is 0 Å². The van der Waals surface area contributed by atoms with Gasteiger partial charge in [0.2, 0.25) is 5.91 Å². The van der Waals surface area contributed by atoms with Gasteiger partial charge in [0, 0.05) is 26.3 Å². The van der Waals surface area contributed by atoms with Crippen LogP contribution in [0, 0.1) is 0 Å². The number of nitrogens with zero attached hydrogens (tertiary/aromatic N) is 2. The van der Waals surface area contributed by atoms with E-state index in [1.54, 1.807) is 18.2 Å². The van der Waals surface area contributed by atoms with Crippen molar-refractivity contribution in [3.8, 4) is 11.3 Å². The number of halogens is 2. The molecule has 0 spiro atoms. The summed E-state index contributed by atoms with van der Waals surface area (Å²) >= 11 is 6.72. The van der Waals surface area contributed by atoms with Gasteiger partial charge in [-0.2, -0.15) is 5.10 Å². The maximum absolute atomic E-state index is 12.2. The third kappa shape index (κ3) is 4.64. The van der Waals surface area contributed by atoms with Gasteiger partial charge in [0.25, 0.3) is 5.56 Å². The van der Waals surface area contributed by atoms with Crippen LogP contribution in [0.4, 0.5) is 5.69 Å². The third-order valence-electron chi connectivity index (χ3n) is 3.43. The van der Waals surface area contributed by atoms with Gasteiger partial charge in [0.15, 0.2) is 0 Å².